The number of amides is 3. The third kappa shape index (κ3) is 2.22. The van der Waals surface area contributed by atoms with Gasteiger partial charge in [0.15, 0.2) is 0 Å². The van der Waals surface area contributed by atoms with E-state index in [1.54, 1.807) is 9.80 Å². The molecule has 0 aromatic heterocycles. The molecule has 2 heterocycles. The van der Waals surface area contributed by atoms with Crippen molar-refractivity contribution in [2.24, 2.45) is 0 Å². The minimum absolute atomic E-state index is 0.0181. The van der Waals surface area contributed by atoms with Crippen molar-refractivity contribution in [1.82, 2.24) is 15.1 Å². The number of rotatable bonds is 3. The van der Waals surface area contributed by atoms with Crippen LogP contribution < -0.4 is 5.32 Å². The predicted octanol–water partition coefficient (Wildman–Crippen LogP) is -0.617. The molecule has 0 aromatic carbocycles. The third-order valence-electron chi connectivity index (χ3n) is 3.40. The SMILES string of the molecule is CCCNC(=O)N1CC(=O)N2[C@H](CO)C[C@@H]2C1. The Labute approximate surface area is 101 Å². The molecule has 0 bridgehead atoms. The number of carbonyl (C=O) groups excluding carboxylic acids is 2. The van der Waals surface area contributed by atoms with E-state index in [2.05, 4.69) is 5.32 Å². The Morgan fingerprint density at radius 3 is 2.94 bits per heavy atom. The number of hydrogen-bond donors (Lipinski definition) is 2. The van der Waals surface area contributed by atoms with Crippen molar-refractivity contribution < 1.29 is 14.7 Å². The highest BCUT2D eigenvalue weighted by Gasteiger charge is 2.46. The summed E-state index contributed by atoms with van der Waals surface area (Å²) in [5.74, 6) is -0.0572. The summed E-state index contributed by atoms with van der Waals surface area (Å²) in [5, 5.41) is 11.8. The molecular formula is C11H19N3O3. The molecule has 2 N–H and O–H groups in total. The summed E-state index contributed by atoms with van der Waals surface area (Å²) in [5.41, 5.74) is 0. The molecule has 0 unspecified atom stereocenters. The molecule has 0 spiro atoms. The lowest BCUT2D eigenvalue weighted by Gasteiger charge is -2.53. The van der Waals surface area contributed by atoms with Crippen molar-refractivity contribution in [2.45, 2.75) is 31.8 Å². The quantitative estimate of drug-likeness (QED) is 0.692. The molecule has 2 rings (SSSR count). The average Bonchev–Trinajstić information content (AvgIpc) is 2.27. The van der Waals surface area contributed by atoms with Gasteiger partial charge in [-0.15, -0.1) is 0 Å². The van der Waals surface area contributed by atoms with Crippen molar-refractivity contribution in [3.05, 3.63) is 0 Å². The summed E-state index contributed by atoms with van der Waals surface area (Å²) in [4.78, 5) is 26.8. The van der Waals surface area contributed by atoms with Crippen LogP contribution >= 0.6 is 0 Å². The normalized spacial score (nSPS) is 27.5. The molecule has 17 heavy (non-hydrogen) atoms. The standard InChI is InChI=1S/C11H19N3O3/c1-2-3-12-11(17)13-5-8-4-9(7-15)14(8)10(16)6-13/h8-9,15H,2-7H2,1H3,(H,12,17)/t8-,9+/m1/s1. The van der Waals surface area contributed by atoms with E-state index >= 15 is 0 Å². The topological polar surface area (TPSA) is 72.9 Å². The number of aliphatic hydroxyl groups excluding tert-OH is 1. The van der Waals surface area contributed by atoms with Gasteiger partial charge in [0.1, 0.15) is 6.54 Å². The number of urea groups is 1. The van der Waals surface area contributed by atoms with Crippen molar-refractivity contribution >= 4 is 11.9 Å². The van der Waals surface area contributed by atoms with Crippen LogP contribution in [0.15, 0.2) is 0 Å². The first-order valence-electron chi connectivity index (χ1n) is 6.12. The number of nitrogens with one attached hydrogen (secondary N) is 1. The van der Waals surface area contributed by atoms with Gasteiger partial charge in [-0.05, 0) is 12.8 Å². The van der Waals surface area contributed by atoms with Gasteiger partial charge < -0.3 is 20.2 Å². The highest BCUT2D eigenvalue weighted by Crippen LogP contribution is 2.29. The molecule has 0 radical (unpaired) electrons. The molecule has 6 heteroatoms. The second kappa shape index (κ2) is 4.91. The van der Waals surface area contributed by atoms with E-state index in [9.17, 15) is 9.59 Å². The lowest BCUT2D eigenvalue weighted by atomic mass is 9.90. The first-order valence-corrected chi connectivity index (χ1v) is 6.12. The highest BCUT2D eigenvalue weighted by molar-refractivity contribution is 5.86. The van der Waals surface area contributed by atoms with E-state index in [4.69, 9.17) is 5.11 Å². The van der Waals surface area contributed by atoms with Gasteiger partial charge in [0.2, 0.25) is 5.91 Å². The minimum atomic E-state index is -0.160. The van der Waals surface area contributed by atoms with Crippen LogP contribution in [0.25, 0.3) is 0 Å². The molecule has 96 valence electrons. The Bertz CT molecular complexity index is 321. The van der Waals surface area contributed by atoms with Gasteiger partial charge in [-0.1, -0.05) is 6.92 Å². The maximum absolute atomic E-state index is 11.8. The van der Waals surface area contributed by atoms with Gasteiger partial charge in [0, 0.05) is 13.1 Å². The molecule has 2 atom stereocenters. The molecule has 0 aliphatic carbocycles. The van der Waals surface area contributed by atoms with Crippen LogP contribution in [0.5, 0.6) is 0 Å². The van der Waals surface area contributed by atoms with E-state index in [0.29, 0.717) is 13.1 Å². The van der Waals surface area contributed by atoms with Crippen molar-refractivity contribution in [3.8, 4) is 0 Å². The Morgan fingerprint density at radius 1 is 1.59 bits per heavy atom. The summed E-state index contributed by atoms with van der Waals surface area (Å²) < 4.78 is 0. The Hall–Kier alpha value is -1.30. The first kappa shape index (κ1) is 12.2. The Morgan fingerprint density at radius 2 is 2.35 bits per heavy atom. The second-order valence-corrected chi connectivity index (χ2v) is 4.64. The van der Waals surface area contributed by atoms with Gasteiger partial charge in [-0.2, -0.15) is 0 Å². The lowest BCUT2D eigenvalue weighted by molar-refractivity contribution is -0.155. The molecule has 3 amide bonds. The maximum Gasteiger partial charge on any atom is 0.317 e. The molecule has 0 aromatic rings. The van der Waals surface area contributed by atoms with Crippen molar-refractivity contribution in [3.63, 3.8) is 0 Å². The van der Waals surface area contributed by atoms with Gasteiger partial charge in [-0.25, -0.2) is 4.79 Å². The van der Waals surface area contributed by atoms with Crippen molar-refractivity contribution in [2.75, 3.05) is 26.2 Å². The zero-order chi connectivity index (χ0) is 12.4. The fraction of sp³-hybridized carbons (Fsp3) is 0.818. The number of aliphatic hydroxyl groups is 1. The van der Waals surface area contributed by atoms with Crippen molar-refractivity contribution in [1.29, 1.82) is 0 Å². The van der Waals surface area contributed by atoms with Crippen LogP contribution in [0, 0.1) is 0 Å². The van der Waals surface area contributed by atoms with Crippen LogP contribution in [0.3, 0.4) is 0 Å². The smallest absolute Gasteiger partial charge is 0.317 e. The summed E-state index contributed by atoms with van der Waals surface area (Å²) in [6, 6.07) is -0.0959. The van der Waals surface area contributed by atoms with Gasteiger partial charge in [-0.3, -0.25) is 4.79 Å². The van der Waals surface area contributed by atoms with Gasteiger partial charge in [0.25, 0.3) is 0 Å². The summed E-state index contributed by atoms with van der Waals surface area (Å²) >= 11 is 0. The van der Waals surface area contributed by atoms with Gasteiger partial charge in [0.05, 0.1) is 18.7 Å². The third-order valence-corrected chi connectivity index (χ3v) is 3.40. The summed E-state index contributed by atoms with van der Waals surface area (Å²) in [6.07, 6.45) is 1.68. The van der Waals surface area contributed by atoms with Gasteiger partial charge >= 0.3 is 6.03 Å². The minimum Gasteiger partial charge on any atom is -0.394 e. The second-order valence-electron chi connectivity index (χ2n) is 4.64. The predicted molar refractivity (Wildman–Crippen MR) is 61.4 cm³/mol. The molecule has 0 saturated carbocycles. The molecule has 2 saturated heterocycles. The van der Waals surface area contributed by atoms with E-state index in [-0.39, 0.29) is 37.2 Å². The Balaban J connectivity index is 1.89. The number of piperazine rings is 1. The van der Waals surface area contributed by atoms with Crippen LogP contribution in [-0.2, 0) is 4.79 Å². The zero-order valence-corrected chi connectivity index (χ0v) is 10.1. The zero-order valence-electron chi connectivity index (χ0n) is 10.1. The van der Waals surface area contributed by atoms with E-state index in [1.807, 2.05) is 6.92 Å². The fourth-order valence-corrected chi connectivity index (χ4v) is 2.50. The summed E-state index contributed by atoms with van der Waals surface area (Å²) in [6.45, 7) is 3.35. The largest absolute Gasteiger partial charge is 0.394 e. The molecular weight excluding hydrogens is 222 g/mol. The molecule has 6 nitrogen and oxygen atoms in total. The fourth-order valence-electron chi connectivity index (χ4n) is 2.50. The average molecular weight is 241 g/mol. The molecule has 2 fully saturated rings. The van der Waals surface area contributed by atoms with E-state index in [1.165, 1.54) is 0 Å². The van der Waals surface area contributed by atoms with Crippen LogP contribution in [0.2, 0.25) is 0 Å². The number of nitrogens with zero attached hydrogens (tertiary/aromatic N) is 2. The first-order chi connectivity index (χ1) is 8.17. The number of carbonyl (C=O) groups is 2. The maximum atomic E-state index is 11.8. The van der Waals surface area contributed by atoms with Crippen LogP contribution in [-0.4, -0.2) is 65.2 Å². The molecule has 2 aliphatic heterocycles. The number of hydrogen-bond acceptors (Lipinski definition) is 3. The highest BCUT2D eigenvalue weighted by atomic mass is 16.3. The van der Waals surface area contributed by atoms with E-state index in [0.717, 1.165) is 12.8 Å². The van der Waals surface area contributed by atoms with Crippen LogP contribution in [0.4, 0.5) is 4.79 Å². The van der Waals surface area contributed by atoms with Crippen LogP contribution in [0.1, 0.15) is 19.8 Å². The summed E-state index contributed by atoms with van der Waals surface area (Å²) in [7, 11) is 0. The molecule has 2 aliphatic rings. The Kier molecular flexibility index (Phi) is 3.51. The van der Waals surface area contributed by atoms with E-state index < -0.39 is 0 Å². The lowest BCUT2D eigenvalue weighted by Crippen LogP contribution is -2.70. The number of fused-ring (bicyclic) bond motifs is 1. The monoisotopic (exact) mass is 241 g/mol.